The van der Waals surface area contributed by atoms with Gasteiger partial charge in [-0.3, -0.25) is 19.8 Å². The molecule has 9 heteroatoms. The highest BCUT2D eigenvalue weighted by Crippen LogP contribution is 2.38. The molecule has 3 rings (SSSR count). The molecule has 0 spiro atoms. The highest BCUT2D eigenvalue weighted by molar-refractivity contribution is 6.00. The van der Waals surface area contributed by atoms with Crippen LogP contribution in [0.3, 0.4) is 0 Å². The van der Waals surface area contributed by atoms with E-state index in [4.69, 9.17) is 14.3 Å². The van der Waals surface area contributed by atoms with Gasteiger partial charge in [0.25, 0.3) is 11.6 Å². The zero-order valence-electron chi connectivity index (χ0n) is 13.2. The third-order valence-electron chi connectivity index (χ3n) is 3.81. The van der Waals surface area contributed by atoms with E-state index in [9.17, 15) is 19.7 Å². The Morgan fingerprint density at radius 1 is 1.36 bits per heavy atom. The summed E-state index contributed by atoms with van der Waals surface area (Å²) in [6.45, 7) is 1.73. The fourth-order valence-corrected chi connectivity index (χ4v) is 2.58. The zero-order chi connectivity index (χ0) is 18.1. The summed E-state index contributed by atoms with van der Waals surface area (Å²) >= 11 is 0. The minimum atomic E-state index is -1.22. The number of hydrogen-bond donors (Lipinski definition) is 1. The summed E-state index contributed by atoms with van der Waals surface area (Å²) in [5.41, 5.74) is 0.0675. The Labute approximate surface area is 141 Å². The van der Waals surface area contributed by atoms with E-state index < -0.39 is 17.0 Å². The van der Waals surface area contributed by atoms with Crippen molar-refractivity contribution >= 4 is 23.3 Å². The maximum Gasteiger partial charge on any atom is 0.371 e. The lowest BCUT2D eigenvalue weighted by Gasteiger charge is -2.33. The second-order valence-electron chi connectivity index (χ2n) is 5.42. The Hall–Kier alpha value is -3.36. The average molecular weight is 346 g/mol. The monoisotopic (exact) mass is 346 g/mol. The standard InChI is InChI=1S/C16H14N2O7/c1-2-12-15(19)17(8-10-4-6-14(24-10)16(20)21)11-7-9(18(22)23)3-5-13(11)25-12/h3-7,12H,2,8H2,1H3,(H,20,21). The molecule has 1 aliphatic rings. The minimum Gasteiger partial charge on any atom is -0.478 e. The third kappa shape index (κ3) is 3.03. The normalized spacial score (nSPS) is 16.3. The molecule has 1 unspecified atom stereocenters. The molecule has 0 aliphatic carbocycles. The first-order valence-corrected chi connectivity index (χ1v) is 7.49. The van der Waals surface area contributed by atoms with Crippen LogP contribution in [0.2, 0.25) is 0 Å². The summed E-state index contributed by atoms with van der Waals surface area (Å²) in [6, 6.07) is 6.73. The summed E-state index contributed by atoms with van der Waals surface area (Å²) < 4.78 is 10.8. The van der Waals surface area contributed by atoms with Crippen LogP contribution in [0.5, 0.6) is 5.75 Å². The number of anilines is 1. The number of amides is 1. The van der Waals surface area contributed by atoms with Crippen molar-refractivity contribution in [3.8, 4) is 5.75 Å². The second kappa shape index (κ2) is 6.27. The van der Waals surface area contributed by atoms with Gasteiger partial charge >= 0.3 is 5.97 Å². The van der Waals surface area contributed by atoms with E-state index in [0.717, 1.165) is 0 Å². The maximum atomic E-state index is 12.6. The second-order valence-corrected chi connectivity index (χ2v) is 5.42. The number of nitro benzene ring substituents is 1. The lowest BCUT2D eigenvalue weighted by atomic mass is 10.1. The number of carboxylic acid groups (broad SMARTS) is 1. The van der Waals surface area contributed by atoms with E-state index in [1.165, 1.54) is 35.2 Å². The van der Waals surface area contributed by atoms with Gasteiger partial charge in [-0.05, 0) is 24.6 Å². The number of carbonyl (C=O) groups excluding carboxylic acids is 1. The summed E-state index contributed by atoms with van der Waals surface area (Å²) in [5.74, 6) is -1.24. The fraction of sp³-hybridized carbons (Fsp3) is 0.250. The predicted molar refractivity (Wildman–Crippen MR) is 84.7 cm³/mol. The SMILES string of the molecule is CCC1Oc2ccc([N+](=O)[O-])cc2N(Cc2ccc(C(=O)O)o2)C1=O. The molecule has 2 heterocycles. The number of nitro groups is 1. The van der Waals surface area contributed by atoms with Crippen LogP contribution in [0.15, 0.2) is 34.7 Å². The first kappa shape index (κ1) is 16.5. The van der Waals surface area contributed by atoms with Gasteiger partial charge in [-0.2, -0.15) is 0 Å². The first-order chi connectivity index (χ1) is 11.9. The van der Waals surface area contributed by atoms with Crippen LogP contribution in [0.25, 0.3) is 0 Å². The molecule has 9 nitrogen and oxygen atoms in total. The first-order valence-electron chi connectivity index (χ1n) is 7.49. The van der Waals surface area contributed by atoms with Crippen molar-refractivity contribution in [1.29, 1.82) is 0 Å². The fourth-order valence-electron chi connectivity index (χ4n) is 2.58. The topological polar surface area (TPSA) is 123 Å². The molecule has 0 bridgehead atoms. The predicted octanol–water partition coefficient (Wildman–Crippen LogP) is 2.59. The summed E-state index contributed by atoms with van der Waals surface area (Å²) in [4.78, 5) is 35.3. The van der Waals surface area contributed by atoms with Crippen LogP contribution in [0, 0.1) is 10.1 Å². The van der Waals surface area contributed by atoms with Crippen LogP contribution < -0.4 is 9.64 Å². The molecule has 0 saturated carbocycles. The average Bonchev–Trinajstić information content (AvgIpc) is 3.05. The molecular weight excluding hydrogens is 332 g/mol. The molecule has 1 aromatic heterocycles. The highest BCUT2D eigenvalue weighted by Gasteiger charge is 2.35. The van der Waals surface area contributed by atoms with Gasteiger partial charge < -0.3 is 14.3 Å². The Kier molecular flexibility index (Phi) is 4.14. The number of nitrogens with zero attached hydrogens (tertiary/aromatic N) is 2. The number of fused-ring (bicyclic) bond motifs is 1. The Bertz CT molecular complexity index is 858. The Morgan fingerprint density at radius 3 is 2.72 bits per heavy atom. The van der Waals surface area contributed by atoms with Gasteiger partial charge in [-0.25, -0.2) is 4.79 Å². The zero-order valence-corrected chi connectivity index (χ0v) is 13.2. The van der Waals surface area contributed by atoms with Crippen LogP contribution in [0.1, 0.15) is 29.7 Å². The van der Waals surface area contributed by atoms with Crippen LogP contribution >= 0.6 is 0 Å². The molecule has 130 valence electrons. The van der Waals surface area contributed by atoms with Gasteiger partial charge in [0.15, 0.2) is 6.10 Å². The number of rotatable bonds is 5. The number of carbonyl (C=O) groups is 2. The van der Waals surface area contributed by atoms with E-state index in [1.807, 2.05) is 0 Å². The number of carboxylic acids is 1. The number of furan rings is 1. The van der Waals surface area contributed by atoms with E-state index >= 15 is 0 Å². The molecule has 1 aromatic carbocycles. The van der Waals surface area contributed by atoms with E-state index in [1.54, 1.807) is 6.92 Å². The summed E-state index contributed by atoms with van der Waals surface area (Å²) in [5, 5.41) is 19.9. The lowest BCUT2D eigenvalue weighted by Crippen LogP contribution is -2.45. The number of benzene rings is 1. The Balaban J connectivity index is 2.00. The molecule has 0 radical (unpaired) electrons. The van der Waals surface area contributed by atoms with Crippen molar-refractivity contribution in [2.45, 2.75) is 26.0 Å². The molecule has 2 aromatic rings. The van der Waals surface area contributed by atoms with Crippen LogP contribution in [-0.2, 0) is 11.3 Å². The quantitative estimate of drug-likeness (QED) is 0.652. The van der Waals surface area contributed by atoms with Crippen molar-refractivity contribution in [1.82, 2.24) is 0 Å². The molecule has 25 heavy (non-hydrogen) atoms. The van der Waals surface area contributed by atoms with Crippen molar-refractivity contribution in [3.05, 3.63) is 52.0 Å². The molecule has 0 saturated heterocycles. The van der Waals surface area contributed by atoms with Crippen molar-refractivity contribution in [3.63, 3.8) is 0 Å². The highest BCUT2D eigenvalue weighted by atomic mass is 16.6. The summed E-state index contributed by atoms with van der Waals surface area (Å²) in [6.07, 6.45) is -0.299. The van der Waals surface area contributed by atoms with Crippen LogP contribution in [-0.4, -0.2) is 28.0 Å². The number of non-ortho nitro benzene ring substituents is 1. The molecule has 0 fully saturated rings. The van der Waals surface area contributed by atoms with E-state index in [2.05, 4.69) is 0 Å². The van der Waals surface area contributed by atoms with Gasteiger partial charge in [-0.15, -0.1) is 0 Å². The van der Waals surface area contributed by atoms with Gasteiger partial charge in [0.1, 0.15) is 11.5 Å². The van der Waals surface area contributed by atoms with Crippen molar-refractivity contribution in [2.24, 2.45) is 0 Å². The van der Waals surface area contributed by atoms with E-state index in [0.29, 0.717) is 12.2 Å². The smallest absolute Gasteiger partial charge is 0.371 e. The third-order valence-corrected chi connectivity index (χ3v) is 3.81. The van der Waals surface area contributed by atoms with Gasteiger partial charge in [0, 0.05) is 12.1 Å². The molecule has 1 amide bonds. The summed E-state index contributed by atoms with van der Waals surface area (Å²) in [7, 11) is 0. The van der Waals surface area contributed by atoms with Gasteiger partial charge in [0.05, 0.1) is 17.2 Å². The number of aromatic carboxylic acids is 1. The lowest BCUT2D eigenvalue weighted by molar-refractivity contribution is -0.384. The number of hydrogen-bond acceptors (Lipinski definition) is 6. The molecule has 1 atom stereocenters. The van der Waals surface area contributed by atoms with Gasteiger partial charge in [0.2, 0.25) is 5.76 Å². The number of ether oxygens (including phenoxy) is 1. The van der Waals surface area contributed by atoms with Gasteiger partial charge in [-0.1, -0.05) is 6.92 Å². The molecule has 1 N–H and O–H groups in total. The molecule has 1 aliphatic heterocycles. The largest absolute Gasteiger partial charge is 0.478 e. The Morgan fingerprint density at radius 2 is 2.12 bits per heavy atom. The van der Waals surface area contributed by atoms with Crippen molar-refractivity contribution in [2.75, 3.05) is 4.90 Å². The van der Waals surface area contributed by atoms with Crippen LogP contribution in [0.4, 0.5) is 11.4 Å². The molecular formula is C16H14N2O7. The van der Waals surface area contributed by atoms with E-state index in [-0.39, 0.29) is 35.3 Å². The minimum absolute atomic E-state index is 0.0554. The maximum absolute atomic E-state index is 12.6. The van der Waals surface area contributed by atoms with Crippen molar-refractivity contribution < 1.29 is 28.8 Å².